The molecule has 180 valence electrons. The molecule has 1 aromatic heterocycles. The molecule has 9 heteroatoms. The smallest absolute Gasteiger partial charge is 0.172 e. The van der Waals surface area contributed by atoms with Gasteiger partial charge in [-0.2, -0.15) is 0 Å². The molecule has 34 heavy (non-hydrogen) atoms. The molecule has 2 aliphatic heterocycles. The van der Waals surface area contributed by atoms with Gasteiger partial charge in [-0.3, -0.25) is 4.90 Å². The molecule has 5 rings (SSSR count). The normalized spacial score (nSPS) is 22.8. The molecule has 1 aromatic carbocycles. The van der Waals surface area contributed by atoms with E-state index in [0.29, 0.717) is 24.7 Å². The molecular weight excluding hydrogens is 460 g/mol. The Kier molecular flexibility index (Phi) is 6.81. The number of hydrogen-bond donors (Lipinski definition) is 1. The van der Waals surface area contributed by atoms with E-state index in [1.807, 2.05) is 4.90 Å². The van der Waals surface area contributed by atoms with Gasteiger partial charge in [-0.15, -0.1) is 0 Å². The number of nitrogens with zero attached hydrogens (tertiary/aromatic N) is 4. The van der Waals surface area contributed by atoms with Crippen LogP contribution in [0.15, 0.2) is 42.1 Å². The van der Waals surface area contributed by atoms with Gasteiger partial charge >= 0.3 is 0 Å². The Bertz CT molecular complexity index is 1120. The van der Waals surface area contributed by atoms with Gasteiger partial charge in [-0.1, -0.05) is 36.8 Å². The van der Waals surface area contributed by atoms with Crippen LogP contribution in [0.1, 0.15) is 24.1 Å². The number of morpholine rings is 1. The van der Waals surface area contributed by atoms with E-state index in [1.165, 1.54) is 5.57 Å². The van der Waals surface area contributed by atoms with Crippen LogP contribution in [0.5, 0.6) is 0 Å². The van der Waals surface area contributed by atoms with Gasteiger partial charge in [-0.25, -0.2) is 18.7 Å². The fourth-order valence-electron chi connectivity index (χ4n) is 4.76. The second kappa shape index (κ2) is 9.98. The summed E-state index contributed by atoms with van der Waals surface area (Å²) < 4.78 is 33.8. The lowest BCUT2D eigenvalue weighted by Gasteiger charge is -2.32. The number of hydrogen-bond acceptors (Lipinski definition) is 6. The van der Waals surface area contributed by atoms with Crippen LogP contribution >= 0.6 is 11.6 Å². The van der Waals surface area contributed by atoms with Crippen molar-refractivity contribution in [2.24, 2.45) is 5.92 Å². The summed E-state index contributed by atoms with van der Waals surface area (Å²) in [4.78, 5) is 13.8. The predicted octanol–water partition coefficient (Wildman–Crippen LogP) is 4.39. The van der Waals surface area contributed by atoms with E-state index < -0.39 is 11.6 Å². The van der Waals surface area contributed by atoms with Crippen molar-refractivity contribution in [1.82, 2.24) is 14.9 Å². The molecule has 2 atom stereocenters. The lowest BCUT2D eigenvalue weighted by molar-refractivity contribution is 0.0425. The second-order valence-corrected chi connectivity index (χ2v) is 9.39. The van der Waals surface area contributed by atoms with Gasteiger partial charge in [0.2, 0.25) is 0 Å². The Morgan fingerprint density at radius 2 is 1.94 bits per heavy atom. The summed E-state index contributed by atoms with van der Waals surface area (Å²) in [6, 6.07) is 2.15. The zero-order valence-electron chi connectivity index (χ0n) is 19.1. The van der Waals surface area contributed by atoms with Gasteiger partial charge in [0.05, 0.1) is 30.1 Å². The van der Waals surface area contributed by atoms with Gasteiger partial charge < -0.3 is 15.0 Å². The zero-order chi connectivity index (χ0) is 23.7. The molecule has 3 aliphatic rings. The highest BCUT2D eigenvalue weighted by Gasteiger charge is 2.27. The van der Waals surface area contributed by atoms with Crippen molar-refractivity contribution in [2.45, 2.75) is 19.4 Å². The lowest BCUT2D eigenvalue weighted by atomic mass is 9.85. The summed E-state index contributed by atoms with van der Waals surface area (Å²) in [6.45, 7) is 7.92. The first kappa shape index (κ1) is 23.2. The number of rotatable bonds is 5. The molecule has 0 saturated carbocycles. The first-order chi connectivity index (χ1) is 16.5. The first-order valence-corrected chi connectivity index (χ1v) is 12.0. The summed E-state index contributed by atoms with van der Waals surface area (Å²) >= 11 is 6.08. The maximum Gasteiger partial charge on any atom is 0.172 e. The highest BCUT2D eigenvalue weighted by molar-refractivity contribution is 6.31. The highest BCUT2D eigenvalue weighted by Crippen LogP contribution is 2.35. The number of allylic oxidation sites excluding steroid dienone is 2. The molecule has 1 saturated heterocycles. The zero-order valence-corrected chi connectivity index (χ0v) is 19.9. The van der Waals surface area contributed by atoms with Crippen LogP contribution in [-0.4, -0.2) is 60.8 Å². The van der Waals surface area contributed by atoms with Crippen molar-refractivity contribution < 1.29 is 13.5 Å². The number of fused-ring (bicyclic) bond motifs is 1. The average Bonchev–Trinajstić information content (AvgIpc) is 2.85. The Hall–Kier alpha value is -2.55. The minimum Gasteiger partial charge on any atom is -0.379 e. The van der Waals surface area contributed by atoms with Crippen LogP contribution in [0.2, 0.25) is 5.02 Å². The van der Waals surface area contributed by atoms with Crippen molar-refractivity contribution in [3.05, 3.63) is 70.0 Å². The van der Waals surface area contributed by atoms with Crippen LogP contribution in [0.25, 0.3) is 0 Å². The molecule has 0 spiro atoms. The summed E-state index contributed by atoms with van der Waals surface area (Å²) in [6.07, 6.45) is 8.48. The molecule has 2 aromatic rings. The number of benzene rings is 1. The third-order valence-corrected chi connectivity index (χ3v) is 7.06. The molecule has 2 unspecified atom stereocenters. The third kappa shape index (κ3) is 4.80. The number of nitrogens with one attached hydrogen (secondary N) is 1. The van der Waals surface area contributed by atoms with Crippen molar-refractivity contribution >= 4 is 23.2 Å². The number of halogens is 3. The van der Waals surface area contributed by atoms with Crippen LogP contribution in [0.4, 0.5) is 20.4 Å². The SMILES string of the molecule is CC1C=C(CN2CCOCC2)C=CC1c1cnc2c(n1)N(Cc1c(F)ccc(F)c1Cl)CCN2. The van der Waals surface area contributed by atoms with Gasteiger partial charge in [0.25, 0.3) is 0 Å². The van der Waals surface area contributed by atoms with E-state index in [4.69, 9.17) is 21.3 Å². The van der Waals surface area contributed by atoms with E-state index in [2.05, 4.69) is 40.4 Å². The topological polar surface area (TPSA) is 53.5 Å². The summed E-state index contributed by atoms with van der Waals surface area (Å²) in [5, 5.41) is 3.06. The summed E-state index contributed by atoms with van der Waals surface area (Å²) in [5.41, 5.74) is 2.28. The second-order valence-electron chi connectivity index (χ2n) is 9.01. The minimum absolute atomic E-state index is 0.0875. The standard InChI is InChI=1S/C25H28ClF2N5O/c1-16-12-17(14-32-8-10-34-11-9-32)2-3-18(16)22-13-30-24-25(31-22)33(7-6-29-24)15-19-20(27)4-5-21(28)23(19)26/h2-5,12-13,16,18H,6-11,14-15H2,1H3,(H,29,30). The average molecular weight is 488 g/mol. The summed E-state index contributed by atoms with van der Waals surface area (Å²) in [7, 11) is 0. The highest BCUT2D eigenvalue weighted by atomic mass is 35.5. The predicted molar refractivity (Wildman–Crippen MR) is 129 cm³/mol. The fourth-order valence-corrected chi connectivity index (χ4v) is 4.98. The van der Waals surface area contributed by atoms with Gasteiger partial charge in [0.15, 0.2) is 11.6 Å². The van der Waals surface area contributed by atoms with E-state index in [0.717, 1.165) is 50.7 Å². The number of anilines is 2. The maximum absolute atomic E-state index is 14.4. The molecule has 1 aliphatic carbocycles. The van der Waals surface area contributed by atoms with Crippen LogP contribution in [0.3, 0.4) is 0 Å². The Morgan fingerprint density at radius 3 is 2.74 bits per heavy atom. The molecule has 1 N–H and O–H groups in total. The maximum atomic E-state index is 14.4. The van der Waals surface area contributed by atoms with Crippen molar-refractivity contribution in [3.8, 4) is 0 Å². The van der Waals surface area contributed by atoms with Gasteiger partial charge in [-0.05, 0) is 23.6 Å². The van der Waals surface area contributed by atoms with Crippen LogP contribution in [0, 0.1) is 17.6 Å². The van der Waals surface area contributed by atoms with Crippen LogP contribution < -0.4 is 10.2 Å². The quantitative estimate of drug-likeness (QED) is 0.631. The van der Waals surface area contributed by atoms with E-state index >= 15 is 0 Å². The van der Waals surface area contributed by atoms with E-state index in [-0.39, 0.29) is 29.0 Å². The fraction of sp³-hybridized carbons (Fsp3) is 0.440. The largest absolute Gasteiger partial charge is 0.379 e. The van der Waals surface area contributed by atoms with E-state index in [9.17, 15) is 8.78 Å². The van der Waals surface area contributed by atoms with Crippen LogP contribution in [-0.2, 0) is 11.3 Å². The monoisotopic (exact) mass is 487 g/mol. The lowest BCUT2D eigenvalue weighted by Crippen LogP contribution is -2.37. The number of aromatic nitrogens is 2. The third-order valence-electron chi connectivity index (χ3n) is 6.65. The molecule has 0 amide bonds. The molecule has 0 radical (unpaired) electrons. The Labute approximate surface area is 203 Å². The van der Waals surface area contributed by atoms with Gasteiger partial charge in [0, 0.05) is 50.7 Å². The molecule has 6 nitrogen and oxygen atoms in total. The molecule has 3 heterocycles. The van der Waals surface area contributed by atoms with Crippen molar-refractivity contribution in [3.63, 3.8) is 0 Å². The first-order valence-electron chi connectivity index (χ1n) is 11.7. The Morgan fingerprint density at radius 1 is 1.15 bits per heavy atom. The number of ether oxygens (including phenoxy) is 1. The van der Waals surface area contributed by atoms with Gasteiger partial charge in [0.1, 0.15) is 11.6 Å². The summed E-state index contributed by atoms with van der Waals surface area (Å²) in [5.74, 6) is 0.454. The Balaban J connectivity index is 1.35. The van der Waals surface area contributed by atoms with E-state index in [1.54, 1.807) is 6.20 Å². The van der Waals surface area contributed by atoms with Crippen molar-refractivity contribution in [2.75, 3.05) is 56.2 Å². The molecular formula is C25H28ClF2N5O. The minimum atomic E-state index is -0.630. The molecule has 1 fully saturated rings. The van der Waals surface area contributed by atoms with Crippen molar-refractivity contribution in [1.29, 1.82) is 0 Å². The molecule has 0 bridgehead atoms.